The molecule has 0 bridgehead atoms. The van der Waals surface area contributed by atoms with Gasteiger partial charge in [0, 0.05) is 17.0 Å². The number of aromatic hydroxyl groups is 1. The highest BCUT2D eigenvalue weighted by Crippen LogP contribution is 2.47. The Hall–Kier alpha value is -3.75. The first-order chi connectivity index (χ1) is 17.8. The third kappa shape index (κ3) is 6.82. The normalized spacial score (nSPS) is 13.2. The maximum absolute atomic E-state index is 13.1. The highest BCUT2D eigenvalue weighted by atomic mass is 19.4. The molecule has 0 aliphatic rings. The lowest BCUT2D eigenvalue weighted by molar-refractivity contribution is -0.384. The molecule has 3 aromatic carbocycles. The number of rotatable bonds is 7. The molecule has 208 valence electrons. The van der Waals surface area contributed by atoms with Gasteiger partial charge in [-0.1, -0.05) is 84.9 Å². The van der Waals surface area contributed by atoms with E-state index in [1.807, 2.05) is 50.2 Å². The van der Waals surface area contributed by atoms with Crippen molar-refractivity contribution in [3.8, 4) is 5.75 Å². The molecule has 0 radical (unpaired) electrons. The van der Waals surface area contributed by atoms with Gasteiger partial charge < -0.3 is 5.11 Å². The van der Waals surface area contributed by atoms with Crippen LogP contribution in [0.3, 0.4) is 0 Å². The van der Waals surface area contributed by atoms with Crippen molar-refractivity contribution in [3.05, 3.63) is 93.0 Å². The molecule has 3 aromatic rings. The van der Waals surface area contributed by atoms with E-state index in [0.29, 0.717) is 17.7 Å². The summed E-state index contributed by atoms with van der Waals surface area (Å²) < 4.78 is 39.4. The van der Waals surface area contributed by atoms with Crippen LogP contribution in [-0.2, 0) is 17.0 Å². The predicted octanol–water partition coefficient (Wildman–Crippen LogP) is 9.77. The first-order valence-electron chi connectivity index (χ1n) is 12.5. The molecule has 0 aliphatic carbocycles. The molecule has 0 aromatic heterocycles. The second-order valence-electron chi connectivity index (χ2n) is 12.2. The van der Waals surface area contributed by atoms with Gasteiger partial charge in [0.15, 0.2) is 5.69 Å². The largest absolute Gasteiger partial charge is 0.505 e. The van der Waals surface area contributed by atoms with Gasteiger partial charge in [0.1, 0.15) is 11.4 Å². The molecule has 39 heavy (non-hydrogen) atoms. The number of benzene rings is 3. The number of nitro benzene ring substituents is 1. The second-order valence-corrected chi connectivity index (χ2v) is 12.2. The fourth-order valence-corrected chi connectivity index (χ4v) is 5.04. The molecule has 0 spiro atoms. The molecule has 0 unspecified atom stereocenters. The van der Waals surface area contributed by atoms with Gasteiger partial charge in [-0.2, -0.15) is 13.2 Å². The van der Waals surface area contributed by atoms with Crippen LogP contribution in [0.4, 0.5) is 30.2 Å². The Bertz CT molecular complexity index is 1390. The minimum Gasteiger partial charge on any atom is -0.505 e. The Morgan fingerprint density at radius 3 is 1.92 bits per heavy atom. The van der Waals surface area contributed by atoms with Gasteiger partial charge in [-0.3, -0.25) is 10.1 Å². The number of hydrogen-bond acceptors (Lipinski definition) is 5. The Morgan fingerprint density at radius 1 is 0.795 bits per heavy atom. The fraction of sp³-hybridized carbons (Fsp3) is 0.400. The zero-order chi connectivity index (χ0) is 29.4. The maximum Gasteiger partial charge on any atom is 0.416 e. The minimum atomic E-state index is -4.75. The molecule has 3 rings (SSSR count). The standard InChI is InChI=1S/C30H34F3N3O3/c1-27(2,3)18-28(4,5)21-15-22(29(6,7)19-11-9-8-10-12-19)26(37)24(16-21)35-34-23-14-13-20(30(31,32)33)17-25(23)36(38)39/h8-17,37H,18H2,1-7H3/b35-34+. The van der Waals surface area contributed by atoms with Crippen LogP contribution in [-0.4, -0.2) is 10.0 Å². The number of phenols is 1. The smallest absolute Gasteiger partial charge is 0.416 e. The molecule has 0 aliphatic heterocycles. The van der Waals surface area contributed by atoms with E-state index >= 15 is 0 Å². The Morgan fingerprint density at radius 2 is 1.38 bits per heavy atom. The van der Waals surface area contributed by atoms with Crippen molar-refractivity contribution in [2.75, 3.05) is 0 Å². The number of alkyl halides is 3. The van der Waals surface area contributed by atoms with Gasteiger partial charge in [0.05, 0.1) is 10.5 Å². The minimum absolute atomic E-state index is 0.0149. The first-order valence-corrected chi connectivity index (χ1v) is 12.5. The number of nitrogens with zero attached hydrogens (tertiary/aromatic N) is 3. The van der Waals surface area contributed by atoms with Crippen LogP contribution >= 0.6 is 0 Å². The summed E-state index contributed by atoms with van der Waals surface area (Å²) in [6.07, 6.45) is -3.94. The number of halogens is 3. The van der Waals surface area contributed by atoms with E-state index in [1.165, 1.54) is 0 Å². The number of phenolic OH excluding ortho intramolecular Hbond substituents is 1. The third-order valence-corrected chi connectivity index (χ3v) is 6.78. The average molecular weight is 542 g/mol. The Kier molecular flexibility index (Phi) is 7.97. The summed E-state index contributed by atoms with van der Waals surface area (Å²) in [7, 11) is 0. The summed E-state index contributed by atoms with van der Waals surface area (Å²) in [5.74, 6) is -0.155. The molecule has 0 saturated carbocycles. The topological polar surface area (TPSA) is 88.1 Å². The van der Waals surface area contributed by atoms with E-state index < -0.39 is 27.8 Å². The van der Waals surface area contributed by atoms with Crippen molar-refractivity contribution < 1.29 is 23.2 Å². The average Bonchev–Trinajstić information content (AvgIpc) is 2.81. The molecule has 0 fully saturated rings. The third-order valence-electron chi connectivity index (χ3n) is 6.78. The molecular weight excluding hydrogens is 507 g/mol. The highest BCUT2D eigenvalue weighted by Gasteiger charge is 2.34. The zero-order valence-electron chi connectivity index (χ0n) is 23.2. The molecule has 0 amide bonds. The highest BCUT2D eigenvalue weighted by molar-refractivity contribution is 5.63. The number of nitro groups is 1. The number of hydrogen-bond donors (Lipinski definition) is 1. The molecular formula is C30H34F3N3O3. The van der Waals surface area contributed by atoms with Gasteiger partial charge in [-0.05, 0) is 46.6 Å². The van der Waals surface area contributed by atoms with Crippen molar-refractivity contribution in [1.29, 1.82) is 0 Å². The maximum atomic E-state index is 13.1. The molecule has 9 heteroatoms. The lowest BCUT2D eigenvalue weighted by atomic mass is 9.70. The summed E-state index contributed by atoms with van der Waals surface area (Å²) in [4.78, 5) is 10.6. The summed E-state index contributed by atoms with van der Waals surface area (Å²) in [6.45, 7) is 14.5. The van der Waals surface area contributed by atoms with Gasteiger partial charge in [0.25, 0.3) is 5.69 Å². The Labute approximate surface area is 226 Å². The van der Waals surface area contributed by atoms with Crippen molar-refractivity contribution in [2.24, 2.45) is 15.6 Å². The van der Waals surface area contributed by atoms with E-state index in [0.717, 1.165) is 23.6 Å². The SMILES string of the molecule is CC(C)(C)CC(C)(C)c1cc(/N=N/c2ccc(C(F)(F)F)cc2[N+](=O)[O-])c(O)c(C(C)(C)c2ccccc2)c1. The summed E-state index contributed by atoms with van der Waals surface area (Å²) in [6, 6.07) is 15.3. The Balaban J connectivity index is 2.23. The molecule has 1 N–H and O–H groups in total. The molecule has 0 saturated heterocycles. The van der Waals surface area contributed by atoms with Crippen LogP contribution in [0.2, 0.25) is 0 Å². The van der Waals surface area contributed by atoms with E-state index in [4.69, 9.17) is 0 Å². The first kappa shape index (κ1) is 29.8. The van der Waals surface area contributed by atoms with Gasteiger partial charge >= 0.3 is 6.18 Å². The zero-order valence-corrected chi connectivity index (χ0v) is 23.2. The molecule has 6 nitrogen and oxygen atoms in total. The van der Waals surface area contributed by atoms with Crippen molar-refractivity contribution >= 4 is 17.1 Å². The monoisotopic (exact) mass is 541 g/mol. The van der Waals surface area contributed by atoms with Crippen molar-refractivity contribution in [2.45, 2.75) is 71.9 Å². The van der Waals surface area contributed by atoms with Crippen LogP contribution in [0.5, 0.6) is 5.75 Å². The van der Waals surface area contributed by atoms with E-state index in [-0.39, 0.29) is 28.0 Å². The lowest BCUT2D eigenvalue weighted by Gasteiger charge is -2.35. The lowest BCUT2D eigenvalue weighted by Crippen LogP contribution is -2.26. The van der Waals surface area contributed by atoms with Gasteiger partial charge in [-0.25, -0.2) is 0 Å². The molecule has 0 heterocycles. The number of azo groups is 1. The quantitative estimate of drug-likeness (QED) is 0.183. The van der Waals surface area contributed by atoms with Crippen molar-refractivity contribution in [1.82, 2.24) is 0 Å². The summed E-state index contributed by atoms with van der Waals surface area (Å²) in [5, 5.41) is 31.0. The van der Waals surface area contributed by atoms with Gasteiger partial charge in [0.2, 0.25) is 0 Å². The van der Waals surface area contributed by atoms with Crippen LogP contribution in [0, 0.1) is 15.5 Å². The van der Waals surface area contributed by atoms with Crippen LogP contribution in [0.25, 0.3) is 0 Å². The van der Waals surface area contributed by atoms with Crippen LogP contribution < -0.4 is 0 Å². The summed E-state index contributed by atoms with van der Waals surface area (Å²) >= 11 is 0. The predicted molar refractivity (Wildman–Crippen MR) is 146 cm³/mol. The van der Waals surface area contributed by atoms with Gasteiger partial charge in [-0.15, -0.1) is 10.2 Å². The van der Waals surface area contributed by atoms with E-state index in [9.17, 15) is 28.4 Å². The molecule has 0 atom stereocenters. The summed E-state index contributed by atoms with van der Waals surface area (Å²) in [5.41, 5.74) is -0.864. The second kappa shape index (κ2) is 10.4. The van der Waals surface area contributed by atoms with E-state index in [1.54, 1.807) is 6.07 Å². The van der Waals surface area contributed by atoms with Crippen molar-refractivity contribution in [3.63, 3.8) is 0 Å². The fourth-order valence-electron chi connectivity index (χ4n) is 5.04. The van der Waals surface area contributed by atoms with E-state index in [2.05, 4.69) is 44.8 Å². The van der Waals surface area contributed by atoms with Crippen LogP contribution in [0.15, 0.2) is 70.9 Å². The van der Waals surface area contributed by atoms with Crippen LogP contribution in [0.1, 0.15) is 77.1 Å².